The normalized spacial score (nSPS) is 11.7. The van der Waals surface area contributed by atoms with E-state index in [1.807, 2.05) is 49.4 Å². The van der Waals surface area contributed by atoms with E-state index in [0.717, 1.165) is 53.2 Å². The first-order chi connectivity index (χ1) is 17.7. The van der Waals surface area contributed by atoms with Crippen molar-refractivity contribution < 1.29 is 27.4 Å². The summed E-state index contributed by atoms with van der Waals surface area (Å²) in [4.78, 5) is 16.3. The minimum absolute atomic E-state index is 0.155. The molecule has 202 valence electrons. The smallest absolute Gasteiger partial charge is 0.305 e. The molecule has 1 heterocycles. The number of imidazole rings is 1. The Labute approximate surface area is 219 Å². The van der Waals surface area contributed by atoms with E-state index >= 15 is 0 Å². The van der Waals surface area contributed by atoms with Crippen LogP contribution in [0.5, 0.6) is 11.5 Å². The number of sulfonamides is 1. The third-order valence-electron chi connectivity index (χ3n) is 6.09. The van der Waals surface area contributed by atoms with Gasteiger partial charge in [0, 0.05) is 38.2 Å². The van der Waals surface area contributed by atoms with Crippen LogP contribution in [0.2, 0.25) is 0 Å². The van der Waals surface area contributed by atoms with E-state index in [0.29, 0.717) is 39.1 Å². The quantitative estimate of drug-likeness (QED) is 0.210. The Kier molecular flexibility index (Phi) is 10.3. The molecule has 0 aliphatic carbocycles. The number of aromatic nitrogens is 2. The Morgan fingerprint density at radius 3 is 2.43 bits per heavy atom. The molecule has 9 nitrogen and oxygen atoms in total. The van der Waals surface area contributed by atoms with Gasteiger partial charge in [0.1, 0.15) is 17.3 Å². The van der Waals surface area contributed by atoms with Crippen molar-refractivity contribution in [1.82, 2.24) is 13.9 Å². The number of aryl methyl sites for hydroxylation is 1. The predicted molar refractivity (Wildman–Crippen MR) is 144 cm³/mol. The molecular formula is C27H37N3O6S. The van der Waals surface area contributed by atoms with Crippen molar-refractivity contribution in [3.05, 3.63) is 42.5 Å². The summed E-state index contributed by atoms with van der Waals surface area (Å²) in [6.07, 6.45) is 4.77. The van der Waals surface area contributed by atoms with Gasteiger partial charge in [0.05, 0.1) is 37.6 Å². The number of benzene rings is 2. The molecule has 0 spiro atoms. The molecule has 10 heteroatoms. The van der Waals surface area contributed by atoms with Crippen molar-refractivity contribution in [2.24, 2.45) is 0 Å². The van der Waals surface area contributed by atoms with Gasteiger partial charge in [0.15, 0.2) is 0 Å². The summed E-state index contributed by atoms with van der Waals surface area (Å²) in [5.41, 5.74) is 2.70. The minimum atomic E-state index is -3.24. The van der Waals surface area contributed by atoms with Gasteiger partial charge in [-0.25, -0.2) is 17.7 Å². The molecule has 0 aliphatic rings. The summed E-state index contributed by atoms with van der Waals surface area (Å²) in [6.45, 7) is 3.77. The number of unbranched alkanes of at least 4 members (excludes halogenated alkanes) is 2. The second-order valence-electron chi connectivity index (χ2n) is 8.87. The number of carbonyl (C=O) groups is 1. The Morgan fingerprint density at radius 1 is 1.03 bits per heavy atom. The fraction of sp³-hybridized carbons (Fsp3) is 0.481. The van der Waals surface area contributed by atoms with E-state index in [4.69, 9.17) is 19.2 Å². The lowest BCUT2D eigenvalue weighted by atomic mass is 10.2. The third-order valence-corrected chi connectivity index (χ3v) is 7.40. The zero-order valence-corrected chi connectivity index (χ0v) is 22.9. The van der Waals surface area contributed by atoms with Crippen LogP contribution in [-0.2, 0) is 26.1 Å². The Bertz CT molecular complexity index is 1270. The first-order valence-electron chi connectivity index (χ1n) is 12.6. The van der Waals surface area contributed by atoms with Crippen LogP contribution in [-0.4, -0.2) is 68.4 Å². The van der Waals surface area contributed by atoms with E-state index in [1.54, 1.807) is 14.2 Å². The number of carbonyl (C=O) groups excluding carboxylic acids is 1. The van der Waals surface area contributed by atoms with Gasteiger partial charge in [0.25, 0.3) is 0 Å². The van der Waals surface area contributed by atoms with Gasteiger partial charge in [-0.15, -0.1) is 0 Å². The van der Waals surface area contributed by atoms with Crippen molar-refractivity contribution in [2.45, 2.75) is 45.6 Å². The van der Waals surface area contributed by atoms with Gasteiger partial charge < -0.3 is 18.8 Å². The Balaban J connectivity index is 1.74. The molecule has 0 saturated heterocycles. The standard InChI is InChI=1S/C27H37N3O6S/c1-5-35-26(31)10-7-6-8-19-36-23-15-16-24-25(20-23)30(18-9-17-29(2)37(4,32)33)27(28-24)21-11-13-22(34-3)14-12-21/h11-16,20H,5-10,17-19H2,1-4H3. The van der Waals surface area contributed by atoms with Crippen LogP contribution < -0.4 is 9.47 Å². The number of esters is 1. The van der Waals surface area contributed by atoms with Crippen molar-refractivity contribution in [1.29, 1.82) is 0 Å². The molecular weight excluding hydrogens is 494 g/mol. The summed E-state index contributed by atoms with van der Waals surface area (Å²) in [7, 11) is -0.0220. The molecule has 37 heavy (non-hydrogen) atoms. The Hall–Kier alpha value is -3.11. The van der Waals surface area contributed by atoms with Gasteiger partial charge in [-0.1, -0.05) is 0 Å². The highest BCUT2D eigenvalue weighted by Crippen LogP contribution is 2.29. The molecule has 2 aromatic carbocycles. The lowest BCUT2D eigenvalue weighted by Gasteiger charge is -2.15. The van der Waals surface area contributed by atoms with E-state index < -0.39 is 10.0 Å². The molecule has 3 aromatic rings. The van der Waals surface area contributed by atoms with Crippen LogP contribution in [0.1, 0.15) is 39.0 Å². The van der Waals surface area contributed by atoms with E-state index in [9.17, 15) is 13.2 Å². The maximum absolute atomic E-state index is 11.8. The van der Waals surface area contributed by atoms with Crippen LogP contribution >= 0.6 is 0 Å². The van der Waals surface area contributed by atoms with Gasteiger partial charge >= 0.3 is 5.97 Å². The molecule has 0 bridgehead atoms. The molecule has 0 aliphatic heterocycles. The van der Waals surface area contributed by atoms with Crippen LogP contribution in [0, 0.1) is 0 Å². The average molecular weight is 532 g/mol. The number of hydrogen-bond donors (Lipinski definition) is 0. The molecule has 0 radical (unpaired) electrons. The van der Waals surface area contributed by atoms with Gasteiger partial charge in [-0.2, -0.15) is 0 Å². The molecule has 1 aromatic heterocycles. The molecule has 0 unspecified atom stereocenters. The molecule has 0 fully saturated rings. The van der Waals surface area contributed by atoms with Crippen LogP contribution in [0.15, 0.2) is 42.5 Å². The number of methoxy groups -OCH3 is 1. The van der Waals surface area contributed by atoms with Crippen molar-refractivity contribution in [2.75, 3.05) is 40.2 Å². The highest BCUT2D eigenvalue weighted by Gasteiger charge is 2.16. The number of hydrogen-bond acceptors (Lipinski definition) is 7. The zero-order chi connectivity index (χ0) is 26.8. The molecule has 0 N–H and O–H groups in total. The van der Waals surface area contributed by atoms with Crippen LogP contribution in [0.25, 0.3) is 22.4 Å². The summed E-state index contributed by atoms with van der Waals surface area (Å²) in [6, 6.07) is 13.6. The number of rotatable bonds is 15. The fourth-order valence-electron chi connectivity index (χ4n) is 3.97. The average Bonchev–Trinajstić information content (AvgIpc) is 3.23. The zero-order valence-electron chi connectivity index (χ0n) is 22.1. The topological polar surface area (TPSA) is 100.0 Å². The first-order valence-corrected chi connectivity index (χ1v) is 14.4. The van der Waals surface area contributed by atoms with Gasteiger partial charge in [-0.3, -0.25) is 4.79 Å². The minimum Gasteiger partial charge on any atom is -0.497 e. The number of fused-ring (bicyclic) bond motifs is 1. The van der Waals surface area contributed by atoms with Crippen LogP contribution in [0.4, 0.5) is 0 Å². The van der Waals surface area contributed by atoms with Crippen molar-refractivity contribution in [3.63, 3.8) is 0 Å². The highest BCUT2D eigenvalue weighted by atomic mass is 32.2. The summed E-state index contributed by atoms with van der Waals surface area (Å²) >= 11 is 0. The second-order valence-corrected chi connectivity index (χ2v) is 11.0. The van der Waals surface area contributed by atoms with E-state index in [2.05, 4.69) is 4.57 Å². The largest absolute Gasteiger partial charge is 0.497 e. The maximum Gasteiger partial charge on any atom is 0.305 e. The summed E-state index contributed by atoms with van der Waals surface area (Å²) < 4.78 is 43.3. The lowest BCUT2D eigenvalue weighted by molar-refractivity contribution is -0.143. The molecule has 0 amide bonds. The lowest BCUT2D eigenvalue weighted by Crippen LogP contribution is -2.27. The fourth-order valence-corrected chi connectivity index (χ4v) is 4.43. The first kappa shape index (κ1) is 28.5. The van der Waals surface area contributed by atoms with E-state index in [-0.39, 0.29) is 5.97 Å². The van der Waals surface area contributed by atoms with Gasteiger partial charge in [0.2, 0.25) is 10.0 Å². The van der Waals surface area contributed by atoms with Crippen molar-refractivity contribution >= 4 is 27.0 Å². The third kappa shape index (κ3) is 8.19. The summed E-state index contributed by atoms with van der Waals surface area (Å²) in [5, 5.41) is 0. The number of ether oxygens (including phenoxy) is 3. The van der Waals surface area contributed by atoms with Crippen LogP contribution in [0.3, 0.4) is 0 Å². The molecule has 0 atom stereocenters. The highest BCUT2D eigenvalue weighted by molar-refractivity contribution is 7.88. The Morgan fingerprint density at radius 2 is 1.76 bits per heavy atom. The molecule has 3 rings (SSSR count). The summed E-state index contributed by atoms with van der Waals surface area (Å²) in [5.74, 6) is 2.15. The SMILES string of the molecule is CCOC(=O)CCCCCOc1ccc2nc(-c3ccc(OC)cc3)n(CCCN(C)S(C)(=O)=O)c2c1. The van der Waals surface area contributed by atoms with Gasteiger partial charge in [-0.05, 0) is 69.0 Å². The predicted octanol–water partition coefficient (Wildman–Crippen LogP) is 4.50. The van der Waals surface area contributed by atoms with Crippen molar-refractivity contribution in [3.8, 4) is 22.9 Å². The molecule has 0 saturated carbocycles. The second kappa shape index (κ2) is 13.4. The monoisotopic (exact) mass is 531 g/mol. The van der Waals surface area contributed by atoms with E-state index in [1.165, 1.54) is 10.6 Å². The maximum atomic E-state index is 11.8. The number of nitrogens with zero attached hydrogens (tertiary/aromatic N) is 3.